The molecule has 1 aliphatic heterocycles. The minimum Gasteiger partial charge on any atom is -0.466 e. The summed E-state index contributed by atoms with van der Waals surface area (Å²) in [5.74, 6) is -0.0105. The number of methoxy groups -OCH3 is 1. The Morgan fingerprint density at radius 3 is 2.75 bits per heavy atom. The van der Waals surface area contributed by atoms with E-state index in [1.807, 2.05) is 6.92 Å². The fourth-order valence-corrected chi connectivity index (χ4v) is 2.76. The molecule has 1 fully saturated rings. The molecule has 28 heavy (non-hydrogen) atoms. The second kappa shape index (κ2) is 8.91. The average Bonchev–Trinajstić information content (AvgIpc) is 3.02. The fraction of sp³-hybridized carbons (Fsp3) is 0.111. The molecule has 1 aromatic heterocycles. The van der Waals surface area contributed by atoms with Gasteiger partial charge in [-0.05, 0) is 48.5 Å². The topological polar surface area (TPSA) is 115 Å². The molecule has 1 saturated heterocycles. The SMILES string of the molecule is COC(=O)/C=C1/S/C(=N\N=Cc2ccc(Oc3cncc(C)n3)cc2)NC1=O. The van der Waals surface area contributed by atoms with E-state index in [0.717, 1.165) is 29.1 Å². The quantitative estimate of drug-likeness (QED) is 0.356. The number of benzene rings is 1. The van der Waals surface area contributed by atoms with Crippen LogP contribution in [-0.2, 0) is 14.3 Å². The van der Waals surface area contributed by atoms with E-state index in [1.165, 1.54) is 19.5 Å². The molecule has 1 N–H and O–H groups in total. The second-order valence-electron chi connectivity index (χ2n) is 5.41. The molecule has 1 aliphatic rings. The average molecular weight is 397 g/mol. The van der Waals surface area contributed by atoms with E-state index in [0.29, 0.717) is 11.6 Å². The van der Waals surface area contributed by atoms with Crippen LogP contribution in [0.1, 0.15) is 11.3 Å². The molecule has 0 spiro atoms. The first-order valence-electron chi connectivity index (χ1n) is 8.00. The number of hydrogen-bond acceptors (Lipinski definition) is 9. The van der Waals surface area contributed by atoms with Crippen molar-refractivity contribution in [3.8, 4) is 11.6 Å². The Morgan fingerprint density at radius 2 is 2.04 bits per heavy atom. The summed E-state index contributed by atoms with van der Waals surface area (Å²) >= 11 is 1.01. The summed E-state index contributed by atoms with van der Waals surface area (Å²) in [6, 6.07) is 7.13. The number of aryl methyl sites for hydroxylation is 1. The van der Waals surface area contributed by atoms with Crippen LogP contribution in [0, 0.1) is 6.92 Å². The molecule has 9 nitrogen and oxygen atoms in total. The number of hydrogen-bond donors (Lipinski definition) is 1. The van der Waals surface area contributed by atoms with Gasteiger partial charge in [-0.3, -0.25) is 15.1 Å². The molecule has 3 rings (SSSR count). The third-order valence-electron chi connectivity index (χ3n) is 3.29. The number of ether oxygens (including phenoxy) is 2. The highest BCUT2D eigenvalue weighted by Crippen LogP contribution is 2.23. The molecule has 0 unspecified atom stereocenters. The van der Waals surface area contributed by atoms with Crippen LogP contribution in [0.15, 0.2) is 57.8 Å². The number of rotatable bonds is 5. The summed E-state index contributed by atoms with van der Waals surface area (Å²) in [7, 11) is 1.24. The van der Waals surface area contributed by atoms with Crippen molar-refractivity contribution in [1.82, 2.24) is 15.3 Å². The maximum atomic E-state index is 11.7. The van der Waals surface area contributed by atoms with Gasteiger partial charge in [0.1, 0.15) is 5.75 Å². The van der Waals surface area contributed by atoms with Gasteiger partial charge in [0.05, 0.1) is 30.1 Å². The van der Waals surface area contributed by atoms with Crippen LogP contribution < -0.4 is 10.1 Å². The van der Waals surface area contributed by atoms with Crippen LogP contribution in [0.3, 0.4) is 0 Å². The van der Waals surface area contributed by atoms with Crippen LogP contribution in [0.25, 0.3) is 0 Å². The van der Waals surface area contributed by atoms with Crippen molar-refractivity contribution in [2.45, 2.75) is 6.92 Å². The summed E-state index contributed by atoms with van der Waals surface area (Å²) in [6.07, 6.45) is 5.81. The van der Waals surface area contributed by atoms with Crippen molar-refractivity contribution in [2.75, 3.05) is 7.11 Å². The van der Waals surface area contributed by atoms with Crippen molar-refractivity contribution < 1.29 is 19.1 Å². The Balaban J connectivity index is 1.60. The number of nitrogens with one attached hydrogen (secondary N) is 1. The third kappa shape index (κ3) is 5.24. The van der Waals surface area contributed by atoms with E-state index in [1.54, 1.807) is 30.5 Å². The Bertz CT molecular complexity index is 986. The molecule has 10 heteroatoms. The van der Waals surface area contributed by atoms with E-state index >= 15 is 0 Å². The highest BCUT2D eigenvalue weighted by molar-refractivity contribution is 8.18. The summed E-state index contributed by atoms with van der Waals surface area (Å²) in [6.45, 7) is 1.83. The van der Waals surface area contributed by atoms with E-state index in [4.69, 9.17) is 4.74 Å². The number of amidine groups is 1. The zero-order valence-corrected chi connectivity index (χ0v) is 15.8. The largest absolute Gasteiger partial charge is 0.466 e. The van der Waals surface area contributed by atoms with Crippen molar-refractivity contribution in [3.05, 3.63) is 58.9 Å². The van der Waals surface area contributed by atoms with Gasteiger partial charge >= 0.3 is 5.97 Å². The Labute approximate surface area is 164 Å². The molecule has 1 aromatic carbocycles. The van der Waals surface area contributed by atoms with Gasteiger partial charge < -0.3 is 9.47 Å². The first kappa shape index (κ1) is 19.2. The molecular formula is C18H15N5O4S. The van der Waals surface area contributed by atoms with E-state index in [-0.39, 0.29) is 10.1 Å². The van der Waals surface area contributed by atoms with Crippen LogP contribution in [0.5, 0.6) is 11.6 Å². The number of aromatic nitrogens is 2. The molecule has 0 atom stereocenters. The molecule has 0 radical (unpaired) electrons. The summed E-state index contributed by atoms with van der Waals surface area (Å²) in [5.41, 5.74) is 1.55. The first-order chi connectivity index (χ1) is 13.5. The summed E-state index contributed by atoms with van der Waals surface area (Å²) in [4.78, 5) is 31.4. The lowest BCUT2D eigenvalue weighted by Crippen LogP contribution is -2.19. The standard InChI is InChI=1S/C18H15N5O4S/c1-11-8-19-10-15(21-11)27-13-5-3-12(4-6-13)9-20-23-18-22-17(25)14(28-18)7-16(24)26-2/h3-10H,1-2H3,(H,22,23,25)/b14-7+,20-9?. The molecule has 2 aromatic rings. The molecule has 2 heterocycles. The number of esters is 1. The molecule has 142 valence electrons. The number of nitrogens with zero attached hydrogens (tertiary/aromatic N) is 4. The zero-order chi connectivity index (χ0) is 19.9. The maximum absolute atomic E-state index is 11.7. The monoisotopic (exact) mass is 397 g/mol. The smallest absolute Gasteiger partial charge is 0.331 e. The minimum absolute atomic E-state index is 0.196. The highest BCUT2D eigenvalue weighted by Gasteiger charge is 2.24. The third-order valence-corrected chi connectivity index (χ3v) is 4.19. The van der Waals surface area contributed by atoms with Crippen LogP contribution in [0.2, 0.25) is 0 Å². The van der Waals surface area contributed by atoms with E-state index in [9.17, 15) is 9.59 Å². The van der Waals surface area contributed by atoms with Crippen LogP contribution in [-0.4, -0.2) is 40.3 Å². The van der Waals surface area contributed by atoms with Gasteiger partial charge in [0.2, 0.25) is 5.88 Å². The molecule has 0 saturated carbocycles. The van der Waals surface area contributed by atoms with Crippen LogP contribution >= 0.6 is 11.8 Å². The van der Waals surface area contributed by atoms with Gasteiger partial charge in [-0.2, -0.15) is 5.10 Å². The highest BCUT2D eigenvalue weighted by atomic mass is 32.2. The predicted molar refractivity (Wildman–Crippen MR) is 104 cm³/mol. The molecule has 1 amide bonds. The molecule has 0 bridgehead atoms. The van der Waals surface area contributed by atoms with Gasteiger partial charge in [-0.25, -0.2) is 9.78 Å². The maximum Gasteiger partial charge on any atom is 0.331 e. The first-order valence-corrected chi connectivity index (χ1v) is 8.81. The fourth-order valence-electron chi connectivity index (χ4n) is 2.02. The molecule has 0 aliphatic carbocycles. The van der Waals surface area contributed by atoms with Crippen molar-refractivity contribution in [3.63, 3.8) is 0 Å². The Hall–Kier alpha value is -3.53. The van der Waals surface area contributed by atoms with Crippen molar-refractivity contribution in [2.24, 2.45) is 10.2 Å². The lowest BCUT2D eigenvalue weighted by atomic mass is 10.2. The van der Waals surface area contributed by atoms with Gasteiger partial charge in [-0.15, -0.1) is 5.10 Å². The summed E-state index contributed by atoms with van der Waals surface area (Å²) in [5, 5.41) is 10.6. The van der Waals surface area contributed by atoms with Crippen molar-refractivity contribution in [1.29, 1.82) is 0 Å². The van der Waals surface area contributed by atoms with Gasteiger partial charge in [0.15, 0.2) is 5.17 Å². The number of amides is 1. The summed E-state index contributed by atoms with van der Waals surface area (Å²) < 4.78 is 10.1. The minimum atomic E-state index is -0.610. The number of thioether (sulfide) groups is 1. The molecular weight excluding hydrogens is 382 g/mol. The lowest BCUT2D eigenvalue weighted by molar-refractivity contribution is -0.135. The van der Waals surface area contributed by atoms with Gasteiger partial charge in [-0.1, -0.05) is 0 Å². The zero-order valence-electron chi connectivity index (χ0n) is 14.9. The Kier molecular flexibility index (Phi) is 6.12. The number of carbonyl (C=O) groups is 2. The van der Waals surface area contributed by atoms with E-state index in [2.05, 4.69) is 30.2 Å². The lowest BCUT2D eigenvalue weighted by Gasteiger charge is -2.04. The normalized spacial score (nSPS) is 16.6. The van der Waals surface area contributed by atoms with Crippen LogP contribution in [0.4, 0.5) is 0 Å². The second-order valence-corrected chi connectivity index (χ2v) is 6.44. The number of carbonyl (C=O) groups excluding carboxylic acids is 2. The van der Waals surface area contributed by atoms with E-state index < -0.39 is 11.9 Å². The van der Waals surface area contributed by atoms with Crippen molar-refractivity contribution >= 4 is 35.0 Å². The predicted octanol–water partition coefficient (Wildman–Crippen LogP) is 2.19. The van der Waals surface area contributed by atoms with Gasteiger partial charge in [0.25, 0.3) is 5.91 Å². The van der Waals surface area contributed by atoms with Gasteiger partial charge in [0, 0.05) is 12.3 Å². The Morgan fingerprint density at radius 1 is 1.25 bits per heavy atom.